The van der Waals surface area contributed by atoms with Crippen molar-refractivity contribution < 1.29 is 9.90 Å². The fourth-order valence-corrected chi connectivity index (χ4v) is 0.822. The first-order chi connectivity index (χ1) is 5.25. The summed E-state index contributed by atoms with van der Waals surface area (Å²) >= 11 is 0. The molecule has 4 nitrogen and oxygen atoms in total. The summed E-state index contributed by atoms with van der Waals surface area (Å²) in [4.78, 5) is 10.4. The van der Waals surface area contributed by atoms with Crippen molar-refractivity contribution in [3.63, 3.8) is 0 Å². The van der Waals surface area contributed by atoms with Crippen LogP contribution in [0.3, 0.4) is 0 Å². The fourth-order valence-electron chi connectivity index (χ4n) is 0.822. The maximum Gasteiger partial charge on any atom is 0.352 e. The molecule has 1 aromatic heterocycles. The van der Waals surface area contributed by atoms with E-state index >= 15 is 0 Å². The Bertz CT molecular complexity index is 308. The molecule has 0 saturated carbocycles. The maximum atomic E-state index is 10.4. The Kier molecular flexibility index (Phi) is 1.93. The Balaban J connectivity index is 2.98. The van der Waals surface area contributed by atoms with Gasteiger partial charge in [-0.1, -0.05) is 0 Å². The summed E-state index contributed by atoms with van der Waals surface area (Å²) in [5.74, 6) is -1.01. The molecule has 1 N–H and O–H groups in total. The highest BCUT2D eigenvalue weighted by Crippen LogP contribution is 2.00. The molecule has 0 spiro atoms. The molecule has 0 aliphatic rings. The first-order valence-electron chi connectivity index (χ1n) is 3.01. The van der Waals surface area contributed by atoms with Crippen molar-refractivity contribution in [2.45, 2.75) is 6.54 Å². The molecule has 0 amide bonds. The van der Waals surface area contributed by atoms with E-state index in [0.29, 0.717) is 0 Å². The first-order valence-corrected chi connectivity index (χ1v) is 3.01. The normalized spacial score (nSPS) is 9.00. The summed E-state index contributed by atoms with van der Waals surface area (Å²) in [5, 5.41) is 16.8. The number of aromatic carboxylic acids is 1. The minimum Gasteiger partial charge on any atom is -0.477 e. The van der Waals surface area contributed by atoms with Crippen LogP contribution in [0.2, 0.25) is 0 Å². The quantitative estimate of drug-likeness (QED) is 0.675. The number of nitriles is 1. The van der Waals surface area contributed by atoms with Crippen molar-refractivity contribution in [2.75, 3.05) is 0 Å². The van der Waals surface area contributed by atoms with Crippen LogP contribution in [0.4, 0.5) is 0 Å². The average molecular weight is 150 g/mol. The van der Waals surface area contributed by atoms with Crippen LogP contribution in [0.5, 0.6) is 0 Å². The molecule has 0 atom stereocenters. The molecule has 4 heteroatoms. The predicted molar refractivity (Wildman–Crippen MR) is 37.0 cm³/mol. The molecule has 0 aliphatic carbocycles. The summed E-state index contributed by atoms with van der Waals surface area (Å²) in [6.45, 7) is 0.0780. The third-order valence-corrected chi connectivity index (χ3v) is 1.29. The lowest BCUT2D eigenvalue weighted by molar-refractivity contribution is 0.0686. The lowest BCUT2D eigenvalue weighted by atomic mass is 10.4. The van der Waals surface area contributed by atoms with E-state index in [-0.39, 0.29) is 12.2 Å². The second-order valence-corrected chi connectivity index (χ2v) is 1.98. The average Bonchev–Trinajstić information content (AvgIpc) is 2.36. The highest BCUT2D eigenvalue weighted by molar-refractivity contribution is 5.85. The minimum atomic E-state index is -1.01. The molecule has 0 saturated heterocycles. The van der Waals surface area contributed by atoms with Gasteiger partial charge in [-0.15, -0.1) is 0 Å². The SMILES string of the molecule is N#CCn1cccc1C(=O)O. The molecule has 0 fully saturated rings. The van der Waals surface area contributed by atoms with Gasteiger partial charge in [0, 0.05) is 6.20 Å². The molecule has 0 unspecified atom stereocenters. The van der Waals surface area contributed by atoms with Crippen LogP contribution < -0.4 is 0 Å². The Morgan fingerprint density at radius 1 is 1.82 bits per heavy atom. The lowest BCUT2D eigenvalue weighted by Gasteiger charge is -1.97. The Morgan fingerprint density at radius 3 is 3.09 bits per heavy atom. The first kappa shape index (κ1) is 7.35. The Hall–Kier alpha value is -1.76. The van der Waals surface area contributed by atoms with Crippen molar-refractivity contribution in [1.82, 2.24) is 4.57 Å². The third-order valence-electron chi connectivity index (χ3n) is 1.29. The zero-order valence-corrected chi connectivity index (χ0v) is 5.69. The van der Waals surface area contributed by atoms with E-state index in [1.807, 2.05) is 6.07 Å². The largest absolute Gasteiger partial charge is 0.477 e. The van der Waals surface area contributed by atoms with Gasteiger partial charge in [-0.3, -0.25) is 0 Å². The Labute approximate surface area is 63.3 Å². The van der Waals surface area contributed by atoms with Crippen LogP contribution in [-0.4, -0.2) is 15.6 Å². The number of hydrogen-bond donors (Lipinski definition) is 1. The van der Waals surface area contributed by atoms with Gasteiger partial charge in [-0.05, 0) is 12.1 Å². The zero-order valence-electron chi connectivity index (χ0n) is 5.69. The van der Waals surface area contributed by atoms with E-state index < -0.39 is 5.97 Å². The molecule has 1 aromatic rings. The van der Waals surface area contributed by atoms with E-state index in [1.165, 1.54) is 10.6 Å². The van der Waals surface area contributed by atoms with E-state index in [2.05, 4.69) is 0 Å². The maximum absolute atomic E-state index is 10.4. The molecule has 1 heterocycles. The number of carbonyl (C=O) groups is 1. The molecular formula is C7H6N2O2. The second kappa shape index (κ2) is 2.88. The summed E-state index contributed by atoms with van der Waals surface area (Å²) in [6, 6.07) is 4.92. The van der Waals surface area contributed by atoms with E-state index in [4.69, 9.17) is 10.4 Å². The van der Waals surface area contributed by atoms with Crippen molar-refractivity contribution in [3.8, 4) is 6.07 Å². The van der Waals surface area contributed by atoms with Gasteiger partial charge in [-0.25, -0.2) is 4.79 Å². The molecule has 1 rings (SSSR count). The van der Waals surface area contributed by atoms with Gasteiger partial charge in [0.1, 0.15) is 12.2 Å². The molecule has 0 aromatic carbocycles. The number of nitrogens with zero attached hydrogens (tertiary/aromatic N) is 2. The summed E-state index contributed by atoms with van der Waals surface area (Å²) in [7, 11) is 0. The highest BCUT2D eigenvalue weighted by Gasteiger charge is 2.06. The summed E-state index contributed by atoms with van der Waals surface area (Å²) in [5.41, 5.74) is 0.145. The van der Waals surface area contributed by atoms with Gasteiger partial charge < -0.3 is 9.67 Å². The molecule has 0 bridgehead atoms. The summed E-state index contributed by atoms with van der Waals surface area (Å²) < 4.78 is 1.38. The van der Waals surface area contributed by atoms with E-state index in [9.17, 15) is 4.79 Å². The van der Waals surface area contributed by atoms with Crippen molar-refractivity contribution in [2.24, 2.45) is 0 Å². The fraction of sp³-hybridized carbons (Fsp3) is 0.143. The van der Waals surface area contributed by atoms with Gasteiger partial charge >= 0.3 is 5.97 Å². The van der Waals surface area contributed by atoms with Gasteiger partial charge in [0.25, 0.3) is 0 Å². The predicted octanol–water partition coefficient (Wildman–Crippen LogP) is 0.710. The van der Waals surface area contributed by atoms with Gasteiger partial charge in [-0.2, -0.15) is 5.26 Å². The van der Waals surface area contributed by atoms with Crippen LogP contribution in [0.25, 0.3) is 0 Å². The number of carboxylic acid groups (broad SMARTS) is 1. The van der Waals surface area contributed by atoms with Crippen molar-refractivity contribution in [3.05, 3.63) is 24.0 Å². The van der Waals surface area contributed by atoms with Gasteiger partial charge in [0.2, 0.25) is 0 Å². The number of aromatic nitrogens is 1. The van der Waals surface area contributed by atoms with Gasteiger partial charge in [0.15, 0.2) is 0 Å². The standard InChI is InChI=1S/C7H6N2O2/c8-3-5-9-4-1-2-6(9)7(10)11/h1-2,4H,5H2,(H,10,11). The molecule has 0 radical (unpaired) electrons. The second-order valence-electron chi connectivity index (χ2n) is 1.98. The highest BCUT2D eigenvalue weighted by atomic mass is 16.4. The number of carboxylic acids is 1. The van der Waals surface area contributed by atoms with Crippen molar-refractivity contribution in [1.29, 1.82) is 5.26 Å². The number of rotatable bonds is 2. The number of hydrogen-bond acceptors (Lipinski definition) is 2. The molecule has 0 aliphatic heterocycles. The van der Waals surface area contributed by atoms with Crippen LogP contribution in [0.15, 0.2) is 18.3 Å². The topological polar surface area (TPSA) is 66.0 Å². The van der Waals surface area contributed by atoms with E-state index in [0.717, 1.165) is 0 Å². The summed E-state index contributed by atoms with van der Waals surface area (Å²) in [6.07, 6.45) is 1.56. The lowest BCUT2D eigenvalue weighted by Crippen LogP contribution is -2.06. The van der Waals surface area contributed by atoms with Crippen LogP contribution >= 0.6 is 0 Å². The van der Waals surface area contributed by atoms with E-state index in [1.54, 1.807) is 12.3 Å². The van der Waals surface area contributed by atoms with Crippen molar-refractivity contribution >= 4 is 5.97 Å². The minimum absolute atomic E-state index is 0.0780. The molecule has 56 valence electrons. The Morgan fingerprint density at radius 2 is 2.55 bits per heavy atom. The van der Waals surface area contributed by atoms with Crippen LogP contribution in [-0.2, 0) is 6.54 Å². The zero-order chi connectivity index (χ0) is 8.27. The molecule has 11 heavy (non-hydrogen) atoms. The van der Waals surface area contributed by atoms with Gasteiger partial charge in [0.05, 0.1) is 6.07 Å². The molecular weight excluding hydrogens is 144 g/mol. The smallest absolute Gasteiger partial charge is 0.352 e. The van der Waals surface area contributed by atoms with Crippen LogP contribution in [0, 0.1) is 11.3 Å². The van der Waals surface area contributed by atoms with Crippen LogP contribution in [0.1, 0.15) is 10.5 Å². The third kappa shape index (κ3) is 1.38. The monoisotopic (exact) mass is 150 g/mol.